The molecule has 27 heavy (non-hydrogen) atoms. The maximum atomic E-state index is 13.1. The molecule has 1 aromatic rings. The number of likely N-dealkylation sites (N-methyl/N-ethyl adjacent to an activating group) is 1. The first-order valence-electron chi connectivity index (χ1n) is 8.78. The Kier molecular flexibility index (Phi) is 8.37. The van der Waals surface area contributed by atoms with Gasteiger partial charge in [0, 0.05) is 45.2 Å². The summed E-state index contributed by atoms with van der Waals surface area (Å²) >= 11 is 5.73. The standard InChI is InChI=1S/C19H23ClFN3O3/c1-22-18(25)14-27-19(26)24-11-9-23(10-12-24)8-4-2-3-5-15-6-7-17(21)16(20)13-15/h6-7,13H,2,4,8-12,14H2,1H3,(H,22,25). The molecule has 1 saturated heterocycles. The summed E-state index contributed by atoms with van der Waals surface area (Å²) in [5, 5.41) is 2.48. The topological polar surface area (TPSA) is 61.9 Å². The highest BCUT2D eigenvalue weighted by atomic mass is 35.5. The molecule has 146 valence electrons. The first-order chi connectivity index (χ1) is 13.0. The van der Waals surface area contributed by atoms with Crippen LogP contribution in [0.4, 0.5) is 9.18 Å². The lowest BCUT2D eigenvalue weighted by atomic mass is 10.2. The van der Waals surface area contributed by atoms with Gasteiger partial charge in [0.1, 0.15) is 5.82 Å². The Morgan fingerprint density at radius 3 is 2.70 bits per heavy atom. The zero-order chi connectivity index (χ0) is 19.6. The van der Waals surface area contributed by atoms with E-state index in [9.17, 15) is 14.0 Å². The van der Waals surface area contributed by atoms with E-state index in [1.165, 1.54) is 19.2 Å². The molecule has 1 heterocycles. The third-order valence-corrected chi connectivity index (χ3v) is 4.45. The van der Waals surface area contributed by atoms with Gasteiger partial charge in [-0.1, -0.05) is 23.4 Å². The van der Waals surface area contributed by atoms with Crippen LogP contribution >= 0.6 is 11.6 Å². The van der Waals surface area contributed by atoms with Gasteiger partial charge in [0.05, 0.1) is 5.02 Å². The number of unbranched alkanes of at least 4 members (excludes halogenated alkanes) is 1. The zero-order valence-electron chi connectivity index (χ0n) is 15.3. The quantitative estimate of drug-likeness (QED) is 0.612. The first-order valence-corrected chi connectivity index (χ1v) is 9.16. The summed E-state index contributed by atoms with van der Waals surface area (Å²) < 4.78 is 18.0. The molecule has 2 amide bonds. The van der Waals surface area contributed by atoms with Crippen LogP contribution in [0.3, 0.4) is 0 Å². The number of amides is 2. The van der Waals surface area contributed by atoms with Crippen LogP contribution in [0.5, 0.6) is 0 Å². The van der Waals surface area contributed by atoms with E-state index in [4.69, 9.17) is 16.3 Å². The molecular weight excluding hydrogens is 373 g/mol. The van der Waals surface area contributed by atoms with Crippen molar-refractivity contribution in [3.63, 3.8) is 0 Å². The molecule has 2 rings (SSSR count). The predicted octanol–water partition coefficient (Wildman–Crippen LogP) is 2.11. The molecule has 8 heteroatoms. The van der Waals surface area contributed by atoms with Crippen LogP contribution in [0.2, 0.25) is 5.02 Å². The number of benzene rings is 1. The minimum atomic E-state index is -0.456. The molecule has 1 aromatic carbocycles. The van der Waals surface area contributed by atoms with E-state index < -0.39 is 11.9 Å². The van der Waals surface area contributed by atoms with E-state index in [0.717, 1.165) is 32.5 Å². The van der Waals surface area contributed by atoms with E-state index in [2.05, 4.69) is 22.1 Å². The van der Waals surface area contributed by atoms with E-state index in [0.29, 0.717) is 18.7 Å². The smallest absolute Gasteiger partial charge is 0.410 e. The Morgan fingerprint density at radius 1 is 1.30 bits per heavy atom. The van der Waals surface area contributed by atoms with Crippen LogP contribution in [0, 0.1) is 17.7 Å². The number of halogens is 2. The predicted molar refractivity (Wildman–Crippen MR) is 101 cm³/mol. The highest BCUT2D eigenvalue weighted by Crippen LogP contribution is 2.15. The summed E-state index contributed by atoms with van der Waals surface area (Å²) in [5.74, 6) is 5.27. The normalized spacial score (nSPS) is 14.3. The van der Waals surface area contributed by atoms with Gasteiger partial charge in [0.15, 0.2) is 6.61 Å². The van der Waals surface area contributed by atoms with Crippen LogP contribution in [-0.2, 0) is 9.53 Å². The highest BCUT2D eigenvalue weighted by molar-refractivity contribution is 6.30. The Balaban J connectivity index is 1.64. The number of rotatable bonds is 5. The number of hydrogen-bond donors (Lipinski definition) is 1. The van der Waals surface area contributed by atoms with Gasteiger partial charge >= 0.3 is 6.09 Å². The molecule has 0 unspecified atom stereocenters. The van der Waals surface area contributed by atoms with Crippen LogP contribution in [0.1, 0.15) is 18.4 Å². The van der Waals surface area contributed by atoms with Gasteiger partial charge in [-0.15, -0.1) is 0 Å². The van der Waals surface area contributed by atoms with Crippen molar-refractivity contribution in [2.45, 2.75) is 12.8 Å². The van der Waals surface area contributed by atoms with Gasteiger partial charge in [-0.05, 0) is 31.2 Å². The third-order valence-electron chi connectivity index (χ3n) is 4.16. The number of nitrogens with one attached hydrogen (secondary N) is 1. The lowest BCUT2D eigenvalue weighted by Crippen LogP contribution is -2.49. The molecule has 0 radical (unpaired) electrons. The van der Waals surface area contributed by atoms with Gasteiger partial charge in [0.25, 0.3) is 5.91 Å². The molecule has 1 aliphatic rings. The van der Waals surface area contributed by atoms with Crippen LogP contribution in [-0.4, -0.2) is 68.2 Å². The maximum absolute atomic E-state index is 13.1. The lowest BCUT2D eigenvalue weighted by molar-refractivity contribution is -0.123. The molecule has 0 aromatic heterocycles. The minimum Gasteiger partial charge on any atom is -0.439 e. The molecule has 1 fully saturated rings. The molecular formula is C19H23ClFN3O3. The van der Waals surface area contributed by atoms with Gasteiger partial charge in [-0.25, -0.2) is 9.18 Å². The summed E-state index contributed by atoms with van der Waals surface area (Å²) in [5.41, 5.74) is 0.699. The number of carbonyl (C=O) groups excluding carboxylic acids is 2. The van der Waals surface area contributed by atoms with E-state index in [1.54, 1.807) is 11.0 Å². The zero-order valence-corrected chi connectivity index (χ0v) is 16.0. The molecule has 6 nitrogen and oxygen atoms in total. The molecule has 1 N–H and O–H groups in total. The molecule has 0 aliphatic carbocycles. The Hall–Kier alpha value is -2.30. The van der Waals surface area contributed by atoms with Crippen molar-refractivity contribution in [2.75, 3.05) is 46.4 Å². The van der Waals surface area contributed by atoms with Crippen molar-refractivity contribution in [1.29, 1.82) is 0 Å². The monoisotopic (exact) mass is 395 g/mol. The second-order valence-electron chi connectivity index (χ2n) is 6.09. The molecule has 0 spiro atoms. The lowest BCUT2D eigenvalue weighted by Gasteiger charge is -2.33. The van der Waals surface area contributed by atoms with Gasteiger partial charge in [0.2, 0.25) is 0 Å². The largest absolute Gasteiger partial charge is 0.439 e. The Labute approximate surface area is 163 Å². The SMILES string of the molecule is CNC(=O)COC(=O)N1CCN(CCCC#Cc2ccc(F)c(Cl)c2)CC1. The van der Waals surface area contributed by atoms with Crippen molar-refractivity contribution in [3.8, 4) is 11.8 Å². The highest BCUT2D eigenvalue weighted by Gasteiger charge is 2.22. The van der Waals surface area contributed by atoms with Crippen molar-refractivity contribution in [2.24, 2.45) is 0 Å². The number of piperazine rings is 1. The van der Waals surface area contributed by atoms with E-state index in [-0.39, 0.29) is 17.5 Å². The fraction of sp³-hybridized carbons (Fsp3) is 0.474. The summed E-state index contributed by atoms with van der Waals surface area (Å²) in [6.07, 6.45) is 1.17. The fourth-order valence-electron chi connectivity index (χ4n) is 2.57. The summed E-state index contributed by atoms with van der Waals surface area (Å²) in [6, 6.07) is 4.44. The average Bonchev–Trinajstić information content (AvgIpc) is 2.68. The molecule has 0 atom stereocenters. The van der Waals surface area contributed by atoms with Crippen LogP contribution in [0.25, 0.3) is 0 Å². The van der Waals surface area contributed by atoms with Crippen molar-refractivity contribution < 1.29 is 18.7 Å². The van der Waals surface area contributed by atoms with Gasteiger partial charge < -0.3 is 15.0 Å². The van der Waals surface area contributed by atoms with E-state index >= 15 is 0 Å². The summed E-state index contributed by atoms with van der Waals surface area (Å²) in [4.78, 5) is 26.8. The Bertz CT molecular complexity index is 725. The molecule has 1 aliphatic heterocycles. The van der Waals surface area contributed by atoms with Crippen molar-refractivity contribution in [1.82, 2.24) is 15.1 Å². The molecule has 0 saturated carbocycles. The summed E-state index contributed by atoms with van der Waals surface area (Å²) in [6.45, 7) is 3.30. The number of carbonyl (C=O) groups is 2. The van der Waals surface area contributed by atoms with Gasteiger partial charge in [-0.2, -0.15) is 0 Å². The Morgan fingerprint density at radius 2 is 2.04 bits per heavy atom. The van der Waals surface area contributed by atoms with Gasteiger partial charge in [-0.3, -0.25) is 9.69 Å². The number of nitrogens with zero attached hydrogens (tertiary/aromatic N) is 2. The van der Waals surface area contributed by atoms with Crippen LogP contribution < -0.4 is 5.32 Å². The second-order valence-corrected chi connectivity index (χ2v) is 6.50. The number of ether oxygens (including phenoxy) is 1. The summed E-state index contributed by atoms with van der Waals surface area (Å²) in [7, 11) is 1.49. The van der Waals surface area contributed by atoms with Crippen molar-refractivity contribution >= 4 is 23.6 Å². The minimum absolute atomic E-state index is 0.0773. The third kappa shape index (κ3) is 7.08. The average molecular weight is 396 g/mol. The fourth-order valence-corrected chi connectivity index (χ4v) is 2.75. The second kappa shape index (κ2) is 10.8. The number of hydrogen-bond acceptors (Lipinski definition) is 4. The molecule has 0 bridgehead atoms. The maximum Gasteiger partial charge on any atom is 0.410 e. The van der Waals surface area contributed by atoms with E-state index in [1.807, 2.05) is 0 Å². The van der Waals surface area contributed by atoms with Crippen LogP contribution in [0.15, 0.2) is 18.2 Å². The van der Waals surface area contributed by atoms with Crippen molar-refractivity contribution in [3.05, 3.63) is 34.6 Å². The first kappa shape index (κ1) is 21.0.